The molecule has 0 saturated carbocycles. The highest BCUT2D eigenvalue weighted by molar-refractivity contribution is 7.89. The van der Waals surface area contributed by atoms with Crippen molar-refractivity contribution in [1.29, 1.82) is 0 Å². The van der Waals surface area contributed by atoms with E-state index in [1.54, 1.807) is 11.3 Å². The molecule has 29 heavy (non-hydrogen) atoms. The van der Waals surface area contributed by atoms with Crippen molar-refractivity contribution in [2.45, 2.75) is 24.7 Å². The molecule has 0 unspecified atom stereocenters. The Morgan fingerprint density at radius 3 is 2.66 bits per heavy atom. The molecular formula is C20H20FN3O3S2. The van der Waals surface area contributed by atoms with Crippen LogP contribution in [0, 0.1) is 18.7 Å². The van der Waals surface area contributed by atoms with Crippen molar-refractivity contribution >= 4 is 43.2 Å². The number of amides is 1. The maximum atomic E-state index is 13.9. The van der Waals surface area contributed by atoms with Crippen molar-refractivity contribution in [3.8, 4) is 0 Å². The number of carbonyl (C=O) groups excluding carboxylic acids is 1. The lowest BCUT2D eigenvalue weighted by atomic mass is 9.97. The normalized spacial score (nSPS) is 16.2. The number of hydrogen-bond donors (Lipinski definition) is 1. The quantitative estimate of drug-likeness (QED) is 0.679. The highest BCUT2D eigenvalue weighted by Crippen LogP contribution is 2.28. The van der Waals surface area contributed by atoms with Crippen LogP contribution in [-0.4, -0.2) is 36.7 Å². The van der Waals surface area contributed by atoms with E-state index < -0.39 is 15.8 Å². The van der Waals surface area contributed by atoms with E-state index in [-0.39, 0.29) is 29.8 Å². The predicted octanol–water partition coefficient (Wildman–Crippen LogP) is 3.78. The van der Waals surface area contributed by atoms with Crippen molar-refractivity contribution < 1.29 is 17.6 Å². The van der Waals surface area contributed by atoms with Crippen LogP contribution in [-0.2, 0) is 14.8 Å². The third kappa shape index (κ3) is 4.03. The molecule has 2 aromatic carbocycles. The van der Waals surface area contributed by atoms with Crippen LogP contribution in [0.15, 0.2) is 47.4 Å². The van der Waals surface area contributed by atoms with Crippen LogP contribution in [0.4, 0.5) is 10.1 Å². The predicted molar refractivity (Wildman–Crippen MR) is 111 cm³/mol. The number of aryl methyl sites for hydroxylation is 1. The van der Waals surface area contributed by atoms with Gasteiger partial charge in [-0.3, -0.25) is 4.79 Å². The minimum atomic E-state index is -3.90. The average molecular weight is 434 g/mol. The van der Waals surface area contributed by atoms with Crippen molar-refractivity contribution in [2.75, 3.05) is 18.4 Å². The number of thiazole rings is 1. The summed E-state index contributed by atoms with van der Waals surface area (Å²) in [5.74, 6) is -1.18. The number of nitrogens with one attached hydrogen (secondary N) is 1. The van der Waals surface area contributed by atoms with Gasteiger partial charge in [0.25, 0.3) is 0 Å². The van der Waals surface area contributed by atoms with Gasteiger partial charge in [0.2, 0.25) is 15.9 Å². The van der Waals surface area contributed by atoms with E-state index in [0.717, 1.165) is 21.3 Å². The summed E-state index contributed by atoms with van der Waals surface area (Å²) in [6.07, 6.45) is 0.781. The highest BCUT2D eigenvalue weighted by atomic mass is 32.2. The summed E-state index contributed by atoms with van der Waals surface area (Å²) >= 11 is 1.56. The molecule has 3 aromatic rings. The molecule has 0 radical (unpaired) electrons. The number of carbonyl (C=O) groups is 1. The van der Waals surface area contributed by atoms with Gasteiger partial charge in [-0.15, -0.1) is 11.3 Å². The Labute approximate surface area is 172 Å². The van der Waals surface area contributed by atoms with Crippen molar-refractivity contribution in [3.05, 3.63) is 53.3 Å². The Bertz CT molecular complexity index is 1170. The van der Waals surface area contributed by atoms with E-state index >= 15 is 0 Å². The lowest BCUT2D eigenvalue weighted by molar-refractivity contribution is -0.120. The zero-order valence-electron chi connectivity index (χ0n) is 15.8. The maximum Gasteiger partial charge on any atom is 0.245 e. The van der Waals surface area contributed by atoms with Crippen molar-refractivity contribution in [2.24, 2.45) is 5.92 Å². The number of anilines is 1. The lowest BCUT2D eigenvalue weighted by Crippen LogP contribution is -2.41. The number of aromatic nitrogens is 1. The van der Waals surface area contributed by atoms with Gasteiger partial charge < -0.3 is 5.32 Å². The third-order valence-electron chi connectivity index (χ3n) is 5.04. The third-order valence-corrected chi connectivity index (χ3v) is 7.91. The van der Waals surface area contributed by atoms with Crippen LogP contribution in [0.2, 0.25) is 0 Å². The van der Waals surface area contributed by atoms with Crippen LogP contribution in [0.25, 0.3) is 10.2 Å². The smallest absolute Gasteiger partial charge is 0.245 e. The summed E-state index contributed by atoms with van der Waals surface area (Å²) in [6, 6.07) is 10.9. The van der Waals surface area contributed by atoms with Gasteiger partial charge in [-0.25, -0.2) is 17.8 Å². The SMILES string of the molecule is Cc1nc2ccc(NC(=O)C3CCN(S(=O)(=O)c4ccccc4F)CC3)cc2s1. The van der Waals surface area contributed by atoms with E-state index in [0.29, 0.717) is 18.5 Å². The van der Waals surface area contributed by atoms with Gasteiger partial charge in [0, 0.05) is 24.7 Å². The number of halogens is 1. The molecule has 1 saturated heterocycles. The fourth-order valence-corrected chi connectivity index (χ4v) is 5.91. The minimum Gasteiger partial charge on any atom is -0.326 e. The lowest BCUT2D eigenvalue weighted by Gasteiger charge is -2.30. The second-order valence-electron chi connectivity index (χ2n) is 7.01. The molecule has 1 amide bonds. The molecule has 4 rings (SSSR count). The van der Waals surface area contributed by atoms with Gasteiger partial charge in [0.05, 0.1) is 15.2 Å². The van der Waals surface area contributed by atoms with Gasteiger partial charge in [-0.2, -0.15) is 4.31 Å². The topological polar surface area (TPSA) is 79.4 Å². The fourth-order valence-electron chi connectivity index (χ4n) is 3.51. The van der Waals surface area contributed by atoms with Crippen LogP contribution in [0.3, 0.4) is 0 Å². The Balaban J connectivity index is 1.41. The molecular weight excluding hydrogens is 413 g/mol. The Kier molecular flexibility index (Phi) is 5.37. The summed E-state index contributed by atoms with van der Waals surface area (Å²) < 4.78 is 41.5. The minimum absolute atomic E-state index is 0.131. The van der Waals surface area contributed by atoms with E-state index in [1.165, 1.54) is 22.5 Å². The molecule has 0 aliphatic carbocycles. The zero-order valence-corrected chi connectivity index (χ0v) is 17.4. The first-order valence-electron chi connectivity index (χ1n) is 9.27. The molecule has 6 nitrogen and oxygen atoms in total. The second kappa shape index (κ2) is 7.81. The Morgan fingerprint density at radius 2 is 1.93 bits per heavy atom. The van der Waals surface area contributed by atoms with Crippen LogP contribution >= 0.6 is 11.3 Å². The highest BCUT2D eigenvalue weighted by Gasteiger charge is 2.33. The Hall–Kier alpha value is -2.36. The number of rotatable bonds is 4. The molecule has 1 aliphatic rings. The first-order chi connectivity index (χ1) is 13.8. The summed E-state index contributed by atoms with van der Waals surface area (Å²) in [6.45, 7) is 2.30. The molecule has 1 fully saturated rings. The van der Waals surface area contributed by atoms with Gasteiger partial charge in [0.15, 0.2) is 0 Å². The van der Waals surface area contributed by atoms with E-state index in [2.05, 4.69) is 10.3 Å². The van der Waals surface area contributed by atoms with Crippen LogP contribution in [0.1, 0.15) is 17.8 Å². The second-order valence-corrected chi connectivity index (χ2v) is 10.2. The van der Waals surface area contributed by atoms with Crippen molar-refractivity contribution in [3.63, 3.8) is 0 Å². The van der Waals surface area contributed by atoms with Crippen molar-refractivity contribution in [1.82, 2.24) is 9.29 Å². The first-order valence-corrected chi connectivity index (χ1v) is 11.5. The first kappa shape index (κ1) is 19.9. The van der Waals surface area contributed by atoms with Gasteiger partial charge in [-0.05, 0) is 50.1 Å². The molecule has 2 heterocycles. The standard InChI is InChI=1S/C20H20FN3O3S2/c1-13-22-17-7-6-15(12-18(17)28-13)23-20(25)14-8-10-24(11-9-14)29(26,27)19-5-3-2-4-16(19)21/h2-7,12,14H,8-11H2,1H3,(H,23,25). The van der Waals surface area contributed by atoms with Crippen LogP contribution in [0.5, 0.6) is 0 Å². The number of piperidine rings is 1. The van der Waals surface area contributed by atoms with E-state index in [4.69, 9.17) is 0 Å². The van der Waals surface area contributed by atoms with Gasteiger partial charge in [-0.1, -0.05) is 12.1 Å². The maximum absolute atomic E-state index is 13.9. The molecule has 0 atom stereocenters. The number of sulfonamides is 1. The average Bonchev–Trinajstić information content (AvgIpc) is 3.07. The van der Waals surface area contributed by atoms with Gasteiger partial charge >= 0.3 is 0 Å². The summed E-state index contributed by atoms with van der Waals surface area (Å²) in [5.41, 5.74) is 1.60. The number of benzene rings is 2. The molecule has 9 heteroatoms. The summed E-state index contributed by atoms with van der Waals surface area (Å²) in [4.78, 5) is 16.7. The van der Waals surface area contributed by atoms with E-state index in [1.807, 2.05) is 25.1 Å². The van der Waals surface area contributed by atoms with Crippen LogP contribution < -0.4 is 5.32 Å². The number of fused-ring (bicyclic) bond motifs is 1. The molecule has 1 aromatic heterocycles. The zero-order chi connectivity index (χ0) is 20.6. The largest absolute Gasteiger partial charge is 0.326 e. The number of hydrogen-bond acceptors (Lipinski definition) is 5. The van der Waals surface area contributed by atoms with Gasteiger partial charge in [0.1, 0.15) is 10.7 Å². The summed E-state index contributed by atoms with van der Waals surface area (Å²) in [7, 11) is -3.90. The molecule has 1 aliphatic heterocycles. The monoisotopic (exact) mass is 433 g/mol. The summed E-state index contributed by atoms with van der Waals surface area (Å²) in [5, 5.41) is 3.88. The number of nitrogens with zero attached hydrogens (tertiary/aromatic N) is 2. The van der Waals surface area contributed by atoms with E-state index in [9.17, 15) is 17.6 Å². The molecule has 152 valence electrons. The molecule has 0 spiro atoms. The molecule has 0 bridgehead atoms. The Morgan fingerprint density at radius 1 is 1.21 bits per heavy atom. The fraction of sp³-hybridized carbons (Fsp3) is 0.300. The molecule has 1 N–H and O–H groups in total.